The maximum absolute atomic E-state index is 2.34. The maximum Gasteiger partial charge on any atom is 0.0378 e. The molecule has 0 N–H and O–H groups in total. The summed E-state index contributed by atoms with van der Waals surface area (Å²) in [5.41, 5.74) is 32.9. The highest BCUT2D eigenvalue weighted by atomic mass is 32.1. The Morgan fingerprint density at radius 2 is 0.630 bits per heavy atom. The van der Waals surface area contributed by atoms with E-state index in [0.717, 1.165) is 0 Å². The van der Waals surface area contributed by atoms with E-state index in [0.29, 0.717) is 0 Å². The Morgan fingerprint density at radius 1 is 0.213 bits per heavy atom. The van der Waals surface area contributed by atoms with Gasteiger partial charge in [-0.2, -0.15) is 0 Å². The lowest BCUT2D eigenvalue weighted by Crippen LogP contribution is -2.12. The minimum atomic E-state index is 0.208. The van der Waals surface area contributed by atoms with E-state index in [2.05, 4.69) is 425 Å². The van der Waals surface area contributed by atoms with Gasteiger partial charge in [-0.15, -0.1) is 45.3 Å². The van der Waals surface area contributed by atoms with Crippen LogP contribution < -0.4 is 0 Å². The van der Waals surface area contributed by atoms with Crippen molar-refractivity contribution in [3.8, 4) is 55.6 Å². The zero-order chi connectivity index (χ0) is 76.8. The second-order valence-electron chi connectivity index (χ2n) is 30.8. The first-order chi connectivity index (χ1) is 51.8. The van der Waals surface area contributed by atoms with Crippen LogP contribution in [0.15, 0.2) is 301 Å². The summed E-state index contributed by atoms with van der Waals surface area (Å²) in [6.07, 6.45) is 0. The normalized spacial score (nSPS) is 11.1. The fourth-order valence-corrected chi connectivity index (χ4v) is 17.7. The molecule has 0 spiro atoms. The molecule has 0 radical (unpaired) electrons. The van der Waals surface area contributed by atoms with E-state index in [4.69, 9.17) is 0 Å². The molecule has 544 valence electrons. The van der Waals surface area contributed by atoms with Crippen molar-refractivity contribution in [2.45, 2.75) is 135 Å². The summed E-state index contributed by atoms with van der Waals surface area (Å²) in [4.78, 5) is 0. The van der Waals surface area contributed by atoms with Crippen LogP contribution in [0.1, 0.15) is 119 Å². The van der Waals surface area contributed by atoms with Crippen LogP contribution in [0.2, 0.25) is 0 Å². The highest BCUT2D eigenvalue weighted by Crippen LogP contribution is 2.39. The summed E-state index contributed by atoms with van der Waals surface area (Å²) >= 11 is 7.28. The van der Waals surface area contributed by atoms with Crippen LogP contribution in [0.3, 0.4) is 0 Å². The second-order valence-corrected chi connectivity index (χ2v) is 34.5. The van der Waals surface area contributed by atoms with Crippen molar-refractivity contribution >= 4 is 96.5 Å². The molecular formula is C104H104S4. The Bertz CT molecular complexity index is 5750. The lowest BCUT2D eigenvalue weighted by Gasteiger charge is -2.23. The summed E-state index contributed by atoms with van der Waals surface area (Å²) in [5.74, 6) is 0. The molecule has 0 bridgehead atoms. The van der Waals surface area contributed by atoms with Gasteiger partial charge in [-0.3, -0.25) is 0 Å². The van der Waals surface area contributed by atoms with Gasteiger partial charge in [0.05, 0.1) is 0 Å². The lowest BCUT2D eigenvalue weighted by atomic mass is 9.82. The highest BCUT2D eigenvalue weighted by molar-refractivity contribution is 7.18. The molecule has 0 aliphatic heterocycles. The molecule has 4 heterocycles. The van der Waals surface area contributed by atoms with Crippen molar-refractivity contribution in [3.63, 3.8) is 0 Å². The van der Waals surface area contributed by atoms with Gasteiger partial charge in [0, 0.05) is 24.2 Å². The largest absolute Gasteiger partial charge is 0.144 e. The van der Waals surface area contributed by atoms with Gasteiger partial charge in [0.15, 0.2) is 0 Å². The molecule has 0 nitrogen and oxygen atoms in total. The predicted molar refractivity (Wildman–Crippen MR) is 486 cm³/mol. The van der Waals surface area contributed by atoms with Gasteiger partial charge in [-0.05, 0) is 296 Å². The fraction of sp³-hybridized carbons (Fsp3) is 0.192. The van der Waals surface area contributed by atoms with Crippen LogP contribution >= 0.6 is 45.3 Å². The number of thiophene rings is 4. The number of aryl methyl sites for hydroxylation is 12. The Balaban J connectivity index is 0.000000126. The molecule has 0 aliphatic rings. The van der Waals surface area contributed by atoms with E-state index in [1.54, 1.807) is 0 Å². The van der Waals surface area contributed by atoms with E-state index in [1.807, 2.05) is 45.3 Å². The molecule has 0 unspecified atom stereocenters. The van der Waals surface area contributed by atoms with Gasteiger partial charge < -0.3 is 0 Å². The average Bonchev–Trinajstić information content (AvgIpc) is 1.08. The van der Waals surface area contributed by atoms with Gasteiger partial charge in [0.25, 0.3) is 0 Å². The molecule has 0 atom stereocenters. The first-order valence-electron chi connectivity index (χ1n) is 37.6. The van der Waals surface area contributed by atoms with Crippen molar-refractivity contribution in [2.24, 2.45) is 0 Å². The first kappa shape index (κ1) is 79.0. The molecule has 0 fully saturated rings. The molecule has 4 aromatic heterocycles. The molecule has 0 amide bonds. The van der Waals surface area contributed by atoms with Gasteiger partial charge >= 0.3 is 0 Å². The standard InChI is InChI=1S/2C19H24.3C15H12S.C12H12.C9H8S/c1-13-8-7-9-16(10-13)18-14(2)11-17(12-15(18)3)19(4,5)6;1-13-9-7-8-10-17(13)18-14(2)11-16(12-15(18)3)19(4,5)6;1-11-9-14(12-5-3-2-4-6-12)10-13-7-8-16-15(11)13;1-11-14(12-5-3-2-4-6-12)8-7-13-9-10-16-15(11)13;1-11-7-8-13(12-5-3-2-4-6-12)14-9-10-16-15(11)14;1-9-3-5-12-8-10(2)4-6-11(12)7-9;1-7-3-2-4-8-5-6-10-9(7)8/h2*7-12H,1-6H3;3*2-10H,1H3;3-8H,1-2H3;2-6H,1H3. The lowest BCUT2D eigenvalue weighted by molar-refractivity contribution is 0.589. The van der Waals surface area contributed by atoms with Gasteiger partial charge in [-0.25, -0.2) is 0 Å². The quantitative estimate of drug-likeness (QED) is 0.161. The third-order valence-corrected chi connectivity index (χ3v) is 24.3. The third-order valence-electron chi connectivity index (χ3n) is 20.0. The van der Waals surface area contributed by atoms with Gasteiger partial charge in [0.2, 0.25) is 0 Å². The molecule has 108 heavy (non-hydrogen) atoms. The smallest absolute Gasteiger partial charge is 0.0378 e. The number of hydrogen-bond donors (Lipinski definition) is 0. The van der Waals surface area contributed by atoms with Crippen LogP contribution in [-0.4, -0.2) is 0 Å². The third kappa shape index (κ3) is 19.8. The molecule has 13 aromatic carbocycles. The molecule has 17 aromatic rings. The van der Waals surface area contributed by atoms with Crippen molar-refractivity contribution in [1.29, 1.82) is 0 Å². The summed E-state index contributed by atoms with van der Waals surface area (Å²) in [6, 6.07) is 100. The van der Waals surface area contributed by atoms with E-state index in [-0.39, 0.29) is 10.8 Å². The molecule has 4 heteroatoms. The summed E-state index contributed by atoms with van der Waals surface area (Å²) < 4.78 is 5.63. The Hall–Kier alpha value is -10.0. The van der Waals surface area contributed by atoms with Gasteiger partial charge in [-0.1, -0.05) is 301 Å². The Morgan fingerprint density at radius 3 is 1.18 bits per heavy atom. The predicted octanol–water partition coefficient (Wildman–Crippen LogP) is 32.4. The number of hydrogen-bond acceptors (Lipinski definition) is 4. The van der Waals surface area contributed by atoms with Crippen LogP contribution in [-0.2, 0) is 10.8 Å². The van der Waals surface area contributed by atoms with E-state index in [9.17, 15) is 0 Å². The topological polar surface area (TPSA) is 0 Å². The summed E-state index contributed by atoms with van der Waals surface area (Å²) in [7, 11) is 0. The molecular weight excluding hydrogens is 1380 g/mol. The molecule has 0 aliphatic carbocycles. The van der Waals surface area contributed by atoms with Gasteiger partial charge in [0.1, 0.15) is 0 Å². The minimum absolute atomic E-state index is 0.208. The number of benzene rings is 13. The van der Waals surface area contributed by atoms with E-state index in [1.165, 1.54) is 185 Å². The van der Waals surface area contributed by atoms with E-state index < -0.39 is 0 Å². The molecule has 0 saturated carbocycles. The van der Waals surface area contributed by atoms with Crippen molar-refractivity contribution in [2.75, 3.05) is 0 Å². The van der Waals surface area contributed by atoms with Crippen molar-refractivity contribution in [3.05, 3.63) is 378 Å². The minimum Gasteiger partial charge on any atom is -0.144 e. The van der Waals surface area contributed by atoms with Crippen LogP contribution in [0, 0.1) is 83.1 Å². The Labute approximate surface area is 660 Å². The maximum atomic E-state index is 2.34. The SMILES string of the molecule is Cc1c(-c2ccccc2)ccc2ccsc12.Cc1cc(-c2ccccc2)cc2ccsc12.Cc1ccc(-c2ccccc2)c2ccsc12.Cc1ccc2cc(C)ccc2c1.Cc1cccc(-c2c(C)cc(C(C)(C)C)cc2C)c1.Cc1cccc2ccsc12.Cc1ccccc1-c1c(C)cc(C(C)(C)C)cc1C. The summed E-state index contributed by atoms with van der Waals surface area (Å²) in [6.45, 7) is 39.8. The fourth-order valence-electron chi connectivity index (χ4n) is 14.2. The second kappa shape index (κ2) is 35.8. The zero-order valence-electron chi connectivity index (χ0n) is 66.5. The highest BCUT2D eigenvalue weighted by Gasteiger charge is 2.19. The summed E-state index contributed by atoms with van der Waals surface area (Å²) in [5, 5.41) is 16.7. The van der Waals surface area contributed by atoms with Crippen molar-refractivity contribution < 1.29 is 0 Å². The molecule has 0 saturated heterocycles. The zero-order valence-corrected chi connectivity index (χ0v) is 69.8. The average molecular weight is 1480 g/mol. The first-order valence-corrected chi connectivity index (χ1v) is 41.2. The molecule has 17 rings (SSSR count). The number of rotatable bonds is 5. The van der Waals surface area contributed by atoms with Crippen LogP contribution in [0.25, 0.3) is 107 Å². The van der Waals surface area contributed by atoms with Crippen LogP contribution in [0.5, 0.6) is 0 Å². The van der Waals surface area contributed by atoms with Crippen LogP contribution in [0.4, 0.5) is 0 Å². The number of fused-ring (bicyclic) bond motifs is 5. The monoisotopic (exact) mass is 1480 g/mol. The Kier molecular flexibility index (Phi) is 26.2. The van der Waals surface area contributed by atoms with E-state index >= 15 is 0 Å². The van der Waals surface area contributed by atoms with Crippen molar-refractivity contribution in [1.82, 2.24) is 0 Å².